The smallest absolute Gasteiger partial charge is 0.123 e. The number of benzene rings is 1. The second-order valence-corrected chi connectivity index (χ2v) is 5.08. The van der Waals surface area contributed by atoms with Crippen LogP contribution < -0.4 is 11.1 Å². The van der Waals surface area contributed by atoms with Crippen LogP contribution in [0.15, 0.2) is 24.3 Å². The Morgan fingerprint density at radius 3 is 3.00 bits per heavy atom. The monoisotopic (exact) mass is 238 g/mol. The van der Waals surface area contributed by atoms with E-state index in [1.165, 1.54) is 10.9 Å². The molecule has 2 aromatic rings. The highest BCUT2D eigenvalue weighted by atomic mass is 32.1. The van der Waals surface area contributed by atoms with E-state index in [0.717, 1.165) is 16.6 Å². The Morgan fingerprint density at radius 2 is 2.25 bits per heavy atom. The van der Waals surface area contributed by atoms with E-state index in [0.29, 0.717) is 12.6 Å². The summed E-state index contributed by atoms with van der Waals surface area (Å²) in [7, 11) is 0. The van der Waals surface area contributed by atoms with Gasteiger partial charge in [0.05, 0.1) is 0 Å². The van der Waals surface area contributed by atoms with Gasteiger partial charge in [0, 0.05) is 28.7 Å². The van der Waals surface area contributed by atoms with Crippen LogP contribution in [0.2, 0.25) is 0 Å². The van der Waals surface area contributed by atoms with Crippen LogP contribution in [0.5, 0.6) is 0 Å². The maximum atomic E-state index is 13.0. The van der Waals surface area contributed by atoms with Crippen molar-refractivity contribution in [2.24, 2.45) is 5.73 Å². The molecule has 0 fully saturated rings. The third-order valence-corrected chi connectivity index (χ3v) is 3.62. The largest absolute Gasteiger partial charge is 0.329 e. The van der Waals surface area contributed by atoms with E-state index in [1.54, 1.807) is 17.4 Å². The van der Waals surface area contributed by atoms with Gasteiger partial charge >= 0.3 is 0 Å². The van der Waals surface area contributed by atoms with Crippen molar-refractivity contribution in [3.05, 3.63) is 35.0 Å². The van der Waals surface area contributed by atoms with E-state index in [1.807, 2.05) is 19.1 Å². The van der Waals surface area contributed by atoms with Gasteiger partial charge in [-0.3, -0.25) is 0 Å². The summed E-state index contributed by atoms with van der Waals surface area (Å²) < 4.78 is 14.1. The molecule has 2 rings (SSSR count). The molecule has 1 unspecified atom stereocenters. The molecule has 1 atom stereocenters. The maximum absolute atomic E-state index is 13.0. The average Bonchev–Trinajstić information content (AvgIpc) is 2.67. The molecule has 0 aliphatic heterocycles. The fourth-order valence-electron chi connectivity index (χ4n) is 1.51. The minimum Gasteiger partial charge on any atom is -0.329 e. The first kappa shape index (κ1) is 11.5. The van der Waals surface area contributed by atoms with Gasteiger partial charge in [0.25, 0.3) is 0 Å². The normalized spacial score (nSPS) is 13.2. The van der Waals surface area contributed by atoms with Crippen LogP contribution >= 0.6 is 11.3 Å². The predicted octanol–water partition coefficient (Wildman–Crippen LogP) is 2.48. The molecule has 16 heavy (non-hydrogen) atoms. The lowest BCUT2D eigenvalue weighted by atomic mass is 10.2. The highest BCUT2D eigenvalue weighted by Gasteiger charge is 2.04. The minimum atomic E-state index is -0.180. The number of thiophene rings is 1. The first-order valence-electron chi connectivity index (χ1n) is 5.30. The molecular formula is C12H15FN2S. The van der Waals surface area contributed by atoms with E-state index in [9.17, 15) is 4.39 Å². The van der Waals surface area contributed by atoms with Gasteiger partial charge in [-0.1, -0.05) is 0 Å². The molecule has 0 bridgehead atoms. The quantitative estimate of drug-likeness (QED) is 0.858. The Morgan fingerprint density at radius 1 is 1.44 bits per heavy atom. The highest BCUT2D eigenvalue weighted by Crippen LogP contribution is 2.26. The molecule has 0 radical (unpaired) electrons. The molecule has 3 N–H and O–H groups in total. The summed E-state index contributed by atoms with van der Waals surface area (Å²) in [6, 6.07) is 7.23. The summed E-state index contributed by atoms with van der Waals surface area (Å²) >= 11 is 1.69. The number of halogens is 1. The second-order valence-electron chi connectivity index (χ2n) is 3.91. The Bertz CT molecular complexity index is 481. The molecule has 1 aromatic carbocycles. The van der Waals surface area contributed by atoms with Crippen LogP contribution in [0.1, 0.15) is 11.8 Å². The van der Waals surface area contributed by atoms with Gasteiger partial charge in [0.15, 0.2) is 0 Å². The zero-order chi connectivity index (χ0) is 11.5. The third kappa shape index (κ3) is 2.58. The lowest BCUT2D eigenvalue weighted by Crippen LogP contribution is -2.32. The van der Waals surface area contributed by atoms with E-state index in [4.69, 9.17) is 5.73 Å². The zero-order valence-corrected chi connectivity index (χ0v) is 9.98. The summed E-state index contributed by atoms with van der Waals surface area (Å²) in [5.74, 6) is -0.180. The first-order chi connectivity index (χ1) is 7.69. The van der Waals surface area contributed by atoms with Gasteiger partial charge in [0.1, 0.15) is 5.82 Å². The molecule has 0 amide bonds. The number of hydrogen-bond donors (Lipinski definition) is 2. The van der Waals surface area contributed by atoms with Crippen LogP contribution in [0, 0.1) is 5.82 Å². The van der Waals surface area contributed by atoms with Crippen LogP contribution in [-0.2, 0) is 6.54 Å². The van der Waals surface area contributed by atoms with Crippen molar-refractivity contribution in [2.45, 2.75) is 19.5 Å². The van der Waals surface area contributed by atoms with Gasteiger partial charge < -0.3 is 11.1 Å². The Labute approximate surface area is 98.3 Å². The molecule has 1 aromatic heterocycles. The van der Waals surface area contributed by atoms with Crippen molar-refractivity contribution in [3.8, 4) is 0 Å². The molecule has 86 valence electrons. The topological polar surface area (TPSA) is 38.0 Å². The lowest BCUT2D eigenvalue weighted by molar-refractivity contribution is 0.560. The van der Waals surface area contributed by atoms with Gasteiger partial charge in [-0.2, -0.15) is 0 Å². The molecule has 0 aliphatic rings. The fraction of sp³-hybridized carbons (Fsp3) is 0.333. The van der Waals surface area contributed by atoms with Crippen LogP contribution in [0.4, 0.5) is 4.39 Å². The summed E-state index contributed by atoms with van der Waals surface area (Å²) in [5.41, 5.74) is 5.52. The second kappa shape index (κ2) is 4.91. The fourth-order valence-corrected chi connectivity index (χ4v) is 2.51. The van der Waals surface area contributed by atoms with E-state index in [-0.39, 0.29) is 5.82 Å². The lowest BCUT2D eigenvalue weighted by Gasteiger charge is -2.08. The number of nitrogens with one attached hydrogen (secondary N) is 1. The number of fused-ring (bicyclic) bond motifs is 1. The predicted molar refractivity (Wildman–Crippen MR) is 67.1 cm³/mol. The van der Waals surface area contributed by atoms with Gasteiger partial charge in [-0.15, -0.1) is 11.3 Å². The molecule has 1 heterocycles. The van der Waals surface area contributed by atoms with Crippen molar-refractivity contribution in [3.63, 3.8) is 0 Å². The summed E-state index contributed by atoms with van der Waals surface area (Å²) in [4.78, 5) is 1.21. The third-order valence-electron chi connectivity index (χ3n) is 2.51. The van der Waals surface area contributed by atoms with Crippen LogP contribution in [-0.4, -0.2) is 12.6 Å². The Kier molecular flexibility index (Phi) is 3.53. The molecular weight excluding hydrogens is 223 g/mol. The Hall–Kier alpha value is -0.970. The zero-order valence-electron chi connectivity index (χ0n) is 9.16. The molecule has 4 heteroatoms. The number of rotatable bonds is 4. The van der Waals surface area contributed by atoms with Gasteiger partial charge in [0.2, 0.25) is 0 Å². The number of hydrogen-bond acceptors (Lipinski definition) is 3. The molecule has 0 spiro atoms. The molecule has 0 saturated carbocycles. The molecule has 0 aliphatic carbocycles. The summed E-state index contributed by atoms with van der Waals surface area (Å²) in [6.07, 6.45) is 0. The van der Waals surface area contributed by atoms with Crippen molar-refractivity contribution in [1.82, 2.24) is 5.32 Å². The van der Waals surface area contributed by atoms with Gasteiger partial charge in [-0.25, -0.2) is 4.39 Å². The van der Waals surface area contributed by atoms with Gasteiger partial charge in [-0.05, 0) is 36.6 Å². The van der Waals surface area contributed by atoms with Crippen molar-refractivity contribution in [1.29, 1.82) is 0 Å². The molecule has 2 nitrogen and oxygen atoms in total. The Balaban J connectivity index is 2.13. The average molecular weight is 238 g/mol. The van der Waals surface area contributed by atoms with Crippen molar-refractivity contribution >= 4 is 21.4 Å². The SMILES string of the molecule is CC(CN)NCc1cc2cc(F)ccc2s1. The van der Waals surface area contributed by atoms with E-state index in [2.05, 4.69) is 5.32 Å². The standard InChI is InChI=1S/C12H15FN2S/c1-8(6-14)15-7-11-5-9-4-10(13)2-3-12(9)16-11/h2-5,8,15H,6-7,14H2,1H3. The van der Waals surface area contributed by atoms with Crippen molar-refractivity contribution in [2.75, 3.05) is 6.54 Å². The van der Waals surface area contributed by atoms with Crippen LogP contribution in [0.3, 0.4) is 0 Å². The van der Waals surface area contributed by atoms with E-state index < -0.39 is 0 Å². The van der Waals surface area contributed by atoms with E-state index >= 15 is 0 Å². The summed E-state index contributed by atoms with van der Waals surface area (Å²) in [5, 5.41) is 4.29. The minimum absolute atomic E-state index is 0.180. The van der Waals surface area contributed by atoms with Crippen LogP contribution in [0.25, 0.3) is 10.1 Å². The number of nitrogens with two attached hydrogens (primary N) is 1. The molecule has 0 saturated heterocycles. The van der Waals surface area contributed by atoms with Crippen molar-refractivity contribution < 1.29 is 4.39 Å². The first-order valence-corrected chi connectivity index (χ1v) is 6.12. The summed E-state index contributed by atoms with van der Waals surface area (Å²) in [6.45, 7) is 3.46. The highest BCUT2D eigenvalue weighted by molar-refractivity contribution is 7.19. The maximum Gasteiger partial charge on any atom is 0.123 e.